The zero-order chi connectivity index (χ0) is 14.7. The van der Waals surface area contributed by atoms with Gasteiger partial charge in [0.25, 0.3) is 5.91 Å². The van der Waals surface area contributed by atoms with Gasteiger partial charge in [-0.05, 0) is 23.6 Å². The SMILES string of the molecule is NC(=O)C[C@H](NC(=O)c1ccc2cc[nH]c2c1)C(=O)O. The first kappa shape index (κ1) is 13.6. The Hall–Kier alpha value is -2.83. The number of hydrogen-bond donors (Lipinski definition) is 4. The number of aliphatic carboxylic acids is 1. The summed E-state index contributed by atoms with van der Waals surface area (Å²) < 4.78 is 0. The molecule has 0 saturated heterocycles. The molecule has 1 aromatic heterocycles. The molecule has 20 heavy (non-hydrogen) atoms. The molecule has 0 spiro atoms. The maximum absolute atomic E-state index is 12.0. The highest BCUT2D eigenvalue weighted by Gasteiger charge is 2.22. The highest BCUT2D eigenvalue weighted by atomic mass is 16.4. The molecule has 0 aliphatic carbocycles. The minimum Gasteiger partial charge on any atom is -0.480 e. The van der Waals surface area contributed by atoms with Crippen LogP contribution < -0.4 is 11.1 Å². The largest absolute Gasteiger partial charge is 0.480 e. The molecule has 0 aliphatic rings. The first-order valence-electron chi connectivity index (χ1n) is 5.86. The van der Waals surface area contributed by atoms with Crippen LogP contribution in [0.5, 0.6) is 0 Å². The Morgan fingerprint density at radius 3 is 2.70 bits per heavy atom. The van der Waals surface area contributed by atoms with E-state index in [1.54, 1.807) is 24.4 Å². The van der Waals surface area contributed by atoms with Gasteiger partial charge in [0.05, 0.1) is 6.42 Å². The van der Waals surface area contributed by atoms with Crippen LogP contribution in [0.25, 0.3) is 10.9 Å². The Morgan fingerprint density at radius 2 is 2.05 bits per heavy atom. The maximum Gasteiger partial charge on any atom is 0.326 e. The molecular formula is C13H13N3O4. The van der Waals surface area contributed by atoms with Crippen molar-refractivity contribution >= 4 is 28.7 Å². The lowest BCUT2D eigenvalue weighted by atomic mass is 10.1. The van der Waals surface area contributed by atoms with E-state index in [0.29, 0.717) is 5.56 Å². The molecule has 0 saturated carbocycles. The van der Waals surface area contributed by atoms with Crippen molar-refractivity contribution in [1.29, 1.82) is 0 Å². The fourth-order valence-corrected chi connectivity index (χ4v) is 1.83. The van der Waals surface area contributed by atoms with E-state index >= 15 is 0 Å². The Bertz CT molecular complexity index is 677. The van der Waals surface area contributed by atoms with Gasteiger partial charge in [-0.25, -0.2) is 4.79 Å². The summed E-state index contributed by atoms with van der Waals surface area (Å²) in [6.07, 6.45) is 1.28. The third-order valence-corrected chi connectivity index (χ3v) is 2.83. The molecule has 1 heterocycles. The number of carboxylic acids is 1. The van der Waals surface area contributed by atoms with Crippen molar-refractivity contribution in [2.24, 2.45) is 5.73 Å². The Kier molecular flexibility index (Phi) is 3.69. The van der Waals surface area contributed by atoms with E-state index in [9.17, 15) is 14.4 Å². The molecule has 0 radical (unpaired) electrons. The van der Waals surface area contributed by atoms with E-state index < -0.39 is 30.2 Å². The van der Waals surface area contributed by atoms with Crippen LogP contribution in [0.1, 0.15) is 16.8 Å². The Morgan fingerprint density at radius 1 is 1.30 bits per heavy atom. The van der Waals surface area contributed by atoms with Gasteiger partial charge in [-0.1, -0.05) is 6.07 Å². The van der Waals surface area contributed by atoms with Crippen LogP contribution in [0.4, 0.5) is 0 Å². The number of nitrogens with one attached hydrogen (secondary N) is 2. The first-order valence-corrected chi connectivity index (χ1v) is 5.86. The average Bonchev–Trinajstić information content (AvgIpc) is 2.84. The van der Waals surface area contributed by atoms with E-state index in [4.69, 9.17) is 10.8 Å². The van der Waals surface area contributed by atoms with E-state index in [2.05, 4.69) is 10.3 Å². The third kappa shape index (κ3) is 2.94. The number of aromatic amines is 1. The Labute approximate surface area is 113 Å². The monoisotopic (exact) mass is 275 g/mol. The van der Waals surface area contributed by atoms with Crippen LogP contribution in [-0.2, 0) is 9.59 Å². The summed E-state index contributed by atoms with van der Waals surface area (Å²) in [5, 5.41) is 12.1. The number of fused-ring (bicyclic) bond motifs is 1. The van der Waals surface area contributed by atoms with Gasteiger partial charge in [-0.2, -0.15) is 0 Å². The summed E-state index contributed by atoms with van der Waals surface area (Å²) in [5.41, 5.74) is 6.01. The number of carbonyl (C=O) groups is 3. The van der Waals surface area contributed by atoms with E-state index in [0.717, 1.165) is 10.9 Å². The van der Waals surface area contributed by atoms with Gasteiger partial charge in [0, 0.05) is 17.3 Å². The van der Waals surface area contributed by atoms with Crippen LogP contribution >= 0.6 is 0 Å². The van der Waals surface area contributed by atoms with Crippen LogP contribution in [0.3, 0.4) is 0 Å². The minimum atomic E-state index is -1.33. The normalized spacial score (nSPS) is 12.0. The second kappa shape index (κ2) is 5.43. The van der Waals surface area contributed by atoms with Gasteiger partial charge in [-0.15, -0.1) is 0 Å². The lowest BCUT2D eigenvalue weighted by Crippen LogP contribution is -2.43. The highest BCUT2D eigenvalue weighted by molar-refractivity contribution is 6.00. The molecule has 0 aliphatic heterocycles. The molecular weight excluding hydrogens is 262 g/mol. The van der Waals surface area contributed by atoms with Gasteiger partial charge in [-0.3, -0.25) is 9.59 Å². The summed E-state index contributed by atoms with van der Waals surface area (Å²) >= 11 is 0. The number of amides is 2. The van der Waals surface area contributed by atoms with E-state index in [1.165, 1.54) is 0 Å². The number of nitrogens with two attached hydrogens (primary N) is 1. The molecule has 0 bridgehead atoms. The second-order valence-electron chi connectivity index (χ2n) is 4.31. The maximum atomic E-state index is 12.0. The zero-order valence-corrected chi connectivity index (χ0v) is 10.4. The third-order valence-electron chi connectivity index (χ3n) is 2.83. The fraction of sp³-hybridized carbons (Fsp3) is 0.154. The average molecular weight is 275 g/mol. The minimum absolute atomic E-state index is 0.302. The van der Waals surface area contributed by atoms with Crippen LogP contribution in [-0.4, -0.2) is 33.9 Å². The predicted molar refractivity (Wildman–Crippen MR) is 71.0 cm³/mol. The molecule has 5 N–H and O–H groups in total. The van der Waals surface area contributed by atoms with Crippen molar-refractivity contribution in [2.45, 2.75) is 12.5 Å². The van der Waals surface area contributed by atoms with Crippen molar-refractivity contribution in [2.75, 3.05) is 0 Å². The van der Waals surface area contributed by atoms with Crippen molar-refractivity contribution < 1.29 is 19.5 Å². The van der Waals surface area contributed by atoms with Crippen molar-refractivity contribution in [3.63, 3.8) is 0 Å². The lowest BCUT2D eigenvalue weighted by Gasteiger charge is -2.12. The number of rotatable bonds is 5. The van der Waals surface area contributed by atoms with Crippen LogP contribution in [0.2, 0.25) is 0 Å². The highest BCUT2D eigenvalue weighted by Crippen LogP contribution is 2.14. The van der Waals surface area contributed by atoms with E-state index in [-0.39, 0.29) is 0 Å². The number of hydrogen-bond acceptors (Lipinski definition) is 3. The zero-order valence-electron chi connectivity index (χ0n) is 10.4. The smallest absolute Gasteiger partial charge is 0.326 e. The Balaban J connectivity index is 2.17. The second-order valence-corrected chi connectivity index (χ2v) is 4.31. The first-order chi connectivity index (χ1) is 9.47. The molecule has 2 amide bonds. The number of H-pyrrole nitrogens is 1. The molecule has 0 fully saturated rings. The number of aromatic nitrogens is 1. The standard InChI is InChI=1S/C13H13N3O4/c14-11(17)6-10(13(19)20)16-12(18)8-2-1-7-3-4-15-9(7)5-8/h1-5,10,15H,6H2,(H2,14,17)(H,16,18)(H,19,20)/t10-/m0/s1. The number of primary amides is 1. The molecule has 7 nitrogen and oxygen atoms in total. The quantitative estimate of drug-likeness (QED) is 0.623. The van der Waals surface area contributed by atoms with Gasteiger partial charge in [0.1, 0.15) is 6.04 Å². The molecule has 1 aromatic carbocycles. The molecule has 2 aromatic rings. The summed E-state index contributed by atoms with van der Waals surface area (Å²) in [6, 6.07) is 5.44. The fourth-order valence-electron chi connectivity index (χ4n) is 1.83. The van der Waals surface area contributed by atoms with Crippen molar-refractivity contribution in [1.82, 2.24) is 10.3 Å². The number of benzene rings is 1. The molecule has 7 heteroatoms. The summed E-state index contributed by atoms with van der Waals surface area (Å²) in [7, 11) is 0. The molecule has 104 valence electrons. The van der Waals surface area contributed by atoms with Gasteiger partial charge in [0.2, 0.25) is 5.91 Å². The van der Waals surface area contributed by atoms with Gasteiger partial charge in [0.15, 0.2) is 0 Å². The summed E-state index contributed by atoms with van der Waals surface area (Å²) in [6.45, 7) is 0. The van der Waals surface area contributed by atoms with Crippen LogP contribution in [0, 0.1) is 0 Å². The predicted octanol–water partition coefficient (Wildman–Crippen LogP) is 0.226. The molecule has 0 unspecified atom stereocenters. The molecule has 1 atom stereocenters. The lowest BCUT2D eigenvalue weighted by molar-refractivity contribution is -0.140. The van der Waals surface area contributed by atoms with Crippen molar-refractivity contribution in [3.05, 3.63) is 36.0 Å². The number of carboxylic acid groups (broad SMARTS) is 1. The topological polar surface area (TPSA) is 125 Å². The summed E-state index contributed by atoms with van der Waals surface area (Å²) in [4.78, 5) is 36.6. The van der Waals surface area contributed by atoms with Crippen molar-refractivity contribution in [3.8, 4) is 0 Å². The summed E-state index contributed by atoms with van der Waals surface area (Å²) in [5.74, 6) is -2.68. The van der Waals surface area contributed by atoms with E-state index in [1.807, 2.05) is 6.07 Å². The van der Waals surface area contributed by atoms with Gasteiger partial charge >= 0.3 is 5.97 Å². The number of carbonyl (C=O) groups excluding carboxylic acids is 2. The van der Waals surface area contributed by atoms with Crippen LogP contribution in [0.15, 0.2) is 30.5 Å². The molecule has 2 rings (SSSR count). The van der Waals surface area contributed by atoms with Gasteiger partial charge < -0.3 is 21.1 Å².